The molecular weight excluding hydrogens is 1740 g/mol. The van der Waals surface area contributed by atoms with E-state index in [4.69, 9.17) is 56.8 Å². The van der Waals surface area contributed by atoms with Crippen LogP contribution in [0.2, 0.25) is 0 Å². The Balaban J connectivity index is 1.31. The summed E-state index contributed by atoms with van der Waals surface area (Å²) in [7, 11) is 0. The summed E-state index contributed by atoms with van der Waals surface area (Å²) in [6.45, 7) is -0.927. The number of rotatable bonds is 63. The molecule has 6 fully saturated rings. The van der Waals surface area contributed by atoms with Gasteiger partial charge < -0.3 is 185 Å². The summed E-state index contributed by atoms with van der Waals surface area (Å²) in [5, 5.41) is 247. The number of amides is 4. The lowest BCUT2D eigenvalue weighted by Gasteiger charge is -2.53. The quantitative estimate of drug-likeness (QED) is 0.0225. The Bertz CT molecular complexity index is 3270. The normalized spacial score (nSPS) is 34.4. The first-order valence-corrected chi connectivity index (χ1v) is 47.2. The molecule has 12 unspecified atom stereocenters. The summed E-state index contributed by atoms with van der Waals surface area (Å²) in [5.74, 6) is -14.5. The number of carboxylic acid groups (broad SMARTS) is 2. The smallest absolute Gasteiger partial charge is 0.364 e. The molecule has 6 saturated heterocycles. The van der Waals surface area contributed by atoms with Gasteiger partial charge in [0.25, 0.3) is 11.6 Å². The minimum atomic E-state index is -3.55. The van der Waals surface area contributed by atoms with E-state index in [1.807, 2.05) is 0 Å². The standard InChI is InChI=1S/C88H156N4O39/c1-6-8-10-12-14-16-18-20-21-22-23-24-25-27-29-31-33-35-37-39-62(106)92-52(53(101)38-36-34-32-30-28-26-19-17-15-13-11-9-7-2)47-120-82-73(114)71(112)75(59(45-96)123-82)126-84-74(115)80(131-88(86(118)119)41-55(103)64(90-50(4)99)79(130-88)67(108)57(105)43-94)76(60(46-97)124-84)127-81-65(91-51(5)100)77(128-83-72(113)70(111)68(109)58(44-95)122-83)69(110)61(125-81)48-121-87(85(116)117)40-54(102)63(89-49(3)98)78(129-87)66(107)56(104)42-93/h36,38,52-61,63-84,93-97,101-105,107-115H,6-35,37,39-48H2,1-5H3,(H,89,98)(H,90,99)(H,91,100)(H,92,106)(H,116,117)(H,118,119)/b38-36+/t52-,53+,54?,55?,56+,57+,58?,59?,60?,61?,63+,64+,65?,66+,67+,68-,69-,70-,71+,72?,73?,74?,75+,76-,77+,78?,79?,80+,81-,82+,83-,84-,87+,88-/m0/s1. The van der Waals surface area contributed by atoms with Crippen molar-refractivity contribution in [2.75, 3.05) is 46.2 Å². The van der Waals surface area contributed by atoms with Gasteiger partial charge in [-0.3, -0.25) is 19.2 Å². The molecule has 6 aliphatic rings. The Morgan fingerprint density at radius 1 is 0.412 bits per heavy atom. The average molecular weight is 1890 g/mol. The molecule has 0 saturated carbocycles. The molecule has 0 spiro atoms. The van der Waals surface area contributed by atoms with E-state index in [1.54, 1.807) is 6.08 Å². The van der Waals surface area contributed by atoms with Gasteiger partial charge in [-0.2, -0.15) is 0 Å². The van der Waals surface area contributed by atoms with E-state index in [9.17, 15) is 136 Å². The molecule has 6 rings (SSSR count). The zero-order valence-electron chi connectivity index (χ0n) is 76.4. The third-order valence-corrected chi connectivity index (χ3v) is 25.1. The second-order valence-corrected chi connectivity index (χ2v) is 35.7. The van der Waals surface area contributed by atoms with Crippen LogP contribution in [0.1, 0.15) is 253 Å². The van der Waals surface area contributed by atoms with Gasteiger partial charge in [-0.25, -0.2) is 9.59 Å². The van der Waals surface area contributed by atoms with Crippen molar-refractivity contribution in [1.82, 2.24) is 21.3 Å². The summed E-state index contributed by atoms with van der Waals surface area (Å²) < 4.78 is 72.9. The molecule has 0 aromatic carbocycles. The second-order valence-electron chi connectivity index (χ2n) is 35.7. The highest BCUT2D eigenvalue weighted by atomic mass is 16.8. The third-order valence-electron chi connectivity index (χ3n) is 25.1. The SMILES string of the molecule is CCCCCCCCCCCCC/C=C/[C@@H](O)[C@H](CO[C@@H]1OC(CO)[C@@H](O[C@@H]2OC(CO)[C@H](O[C@@H]3OC(CO[C@]4(C(=O)O)CC(O)[C@@H](NC(C)=O)C([C@H](O)[C@H](O)CO)O4)[C@H](O)[C@H](O[C@@H]4OC(CO)[C@H](O)[C@H](O)C4O)C3NC(C)=O)[C@H](O[C@]3(C(=O)O)CC(O)[C@@H](NC(C)=O)C([C@H](O)[C@H](O)CO)O3)C2O)[C@H](O)C1O)NC(=O)CCCCCCCCCCCCCCCCCCCCC. The molecule has 43 nitrogen and oxygen atoms in total. The van der Waals surface area contributed by atoms with Crippen molar-refractivity contribution >= 4 is 35.6 Å². The van der Waals surface area contributed by atoms with E-state index >= 15 is 0 Å². The number of allylic oxidation sites excluding steroid dienone is 1. The Morgan fingerprint density at radius 2 is 0.802 bits per heavy atom. The monoisotopic (exact) mass is 1890 g/mol. The first-order valence-electron chi connectivity index (χ1n) is 47.2. The number of aliphatic hydroxyl groups is 19. The number of unbranched alkanes of at least 4 members (excludes halogenated alkanes) is 29. The molecule has 34 atom stereocenters. The van der Waals surface area contributed by atoms with E-state index in [2.05, 4.69) is 35.1 Å². The van der Waals surface area contributed by atoms with Crippen LogP contribution in [0, 0.1) is 0 Å². The van der Waals surface area contributed by atoms with Crippen molar-refractivity contribution in [3.05, 3.63) is 12.2 Å². The van der Waals surface area contributed by atoms with Gasteiger partial charge in [0, 0.05) is 40.0 Å². The predicted molar refractivity (Wildman–Crippen MR) is 458 cm³/mol. The lowest BCUT2D eigenvalue weighted by molar-refractivity contribution is -0.404. The maximum absolute atomic E-state index is 14.2. The van der Waals surface area contributed by atoms with Gasteiger partial charge in [0.1, 0.15) is 134 Å². The molecule has 762 valence electrons. The summed E-state index contributed by atoms with van der Waals surface area (Å²) in [6, 6.07) is -7.04. The molecule has 6 aliphatic heterocycles. The van der Waals surface area contributed by atoms with Crippen molar-refractivity contribution in [2.24, 2.45) is 0 Å². The lowest BCUT2D eigenvalue weighted by atomic mass is 9.88. The molecule has 43 heteroatoms. The zero-order chi connectivity index (χ0) is 96.7. The van der Waals surface area contributed by atoms with Crippen molar-refractivity contribution in [3.63, 3.8) is 0 Å². The van der Waals surface area contributed by atoms with E-state index in [1.165, 1.54) is 128 Å². The minimum Gasteiger partial charge on any atom is -0.477 e. The molecule has 0 bridgehead atoms. The molecule has 25 N–H and O–H groups in total. The van der Waals surface area contributed by atoms with Crippen LogP contribution in [0.15, 0.2) is 12.2 Å². The third kappa shape index (κ3) is 35.0. The van der Waals surface area contributed by atoms with E-state index in [-0.39, 0.29) is 6.42 Å². The molecule has 0 aliphatic carbocycles. The Labute approximate surface area is 765 Å². The van der Waals surface area contributed by atoms with Crippen LogP contribution in [0.25, 0.3) is 0 Å². The highest BCUT2D eigenvalue weighted by Gasteiger charge is 2.64. The summed E-state index contributed by atoms with van der Waals surface area (Å²) >= 11 is 0. The number of carboxylic acids is 2. The van der Waals surface area contributed by atoms with Crippen LogP contribution in [0.5, 0.6) is 0 Å². The van der Waals surface area contributed by atoms with Gasteiger partial charge in [0.2, 0.25) is 23.6 Å². The van der Waals surface area contributed by atoms with Gasteiger partial charge in [-0.05, 0) is 19.3 Å². The highest BCUT2D eigenvalue weighted by molar-refractivity contribution is 5.78. The molecular formula is C88H156N4O39. The average Bonchev–Trinajstić information content (AvgIpc) is 0.738. The van der Waals surface area contributed by atoms with Gasteiger partial charge in [0.05, 0.1) is 82.7 Å². The van der Waals surface area contributed by atoms with Crippen molar-refractivity contribution in [2.45, 2.75) is 460 Å². The number of nitrogens with one attached hydrogen (secondary N) is 4. The Morgan fingerprint density at radius 3 is 1.26 bits per heavy atom. The predicted octanol–water partition coefficient (Wildman–Crippen LogP) is -2.31. The van der Waals surface area contributed by atoms with Gasteiger partial charge in [-0.1, -0.05) is 206 Å². The number of carbonyl (C=O) groups is 6. The number of ether oxygens (including phenoxy) is 12. The van der Waals surface area contributed by atoms with Crippen LogP contribution in [-0.2, 0) is 85.6 Å². The van der Waals surface area contributed by atoms with Crippen LogP contribution in [0.3, 0.4) is 0 Å². The van der Waals surface area contributed by atoms with E-state index in [0.29, 0.717) is 12.8 Å². The Hall–Kier alpha value is -4.68. The summed E-state index contributed by atoms with van der Waals surface area (Å²) in [6.07, 6.45) is -27.0. The molecule has 0 aromatic rings. The fourth-order valence-electron chi connectivity index (χ4n) is 17.5. The fraction of sp³-hybridized carbons (Fsp3) is 0.909. The van der Waals surface area contributed by atoms with Gasteiger partial charge >= 0.3 is 11.9 Å². The number of hydrogen-bond donors (Lipinski definition) is 25. The zero-order valence-corrected chi connectivity index (χ0v) is 76.4. The molecule has 131 heavy (non-hydrogen) atoms. The topological polar surface area (TPSA) is 686 Å². The number of aliphatic carboxylic acids is 2. The van der Waals surface area contributed by atoms with Crippen LogP contribution < -0.4 is 21.3 Å². The van der Waals surface area contributed by atoms with E-state index in [0.717, 1.165) is 85.0 Å². The molecule has 0 aromatic heterocycles. The van der Waals surface area contributed by atoms with Gasteiger partial charge in [-0.15, -0.1) is 0 Å². The maximum atomic E-state index is 14.2. The maximum Gasteiger partial charge on any atom is 0.364 e. The van der Waals surface area contributed by atoms with Crippen LogP contribution in [-0.4, -0.2) is 396 Å². The van der Waals surface area contributed by atoms with Crippen molar-refractivity contribution in [1.29, 1.82) is 0 Å². The molecule has 4 amide bonds. The first-order chi connectivity index (χ1) is 62.5. The second kappa shape index (κ2) is 59.6. The number of hydrogen-bond acceptors (Lipinski definition) is 37. The highest BCUT2D eigenvalue weighted by Crippen LogP contribution is 2.43. The first kappa shape index (κ1) is 115. The van der Waals surface area contributed by atoms with Crippen molar-refractivity contribution < 1.29 is 193 Å². The van der Waals surface area contributed by atoms with Crippen molar-refractivity contribution in [3.8, 4) is 0 Å². The van der Waals surface area contributed by atoms with Crippen LogP contribution in [0.4, 0.5) is 0 Å². The van der Waals surface area contributed by atoms with E-state index < -0.39 is 302 Å². The minimum absolute atomic E-state index is 0.0862. The number of carbonyl (C=O) groups excluding carboxylic acids is 4. The molecule has 0 radical (unpaired) electrons. The van der Waals surface area contributed by atoms with Gasteiger partial charge in [0.15, 0.2) is 25.2 Å². The van der Waals surface area contributed by atoms with Crippen LogP contribution >= 0.6 is 0 Å². The largest absolute Gasteiger partial charge is 0.477 e. The number of aliphatic hydroxyl groups excluding tert-OH is 19. The Kier molecular flexibility index (Phi) is 52.3. The summed E-state index contributed by atoms with van der Waals surface area (Å²) in [4.78, 5) is 80.2. The molecule has 6 heterocycles. The summed E-state index contributed by atoms with van der Waals surface area (Å²) in [5.41, 5.74) is 0. The lowest BCUT2D eigenvalue weighted by Crippen LogP contribution is -2.72. The fourth-order valence-corrected chi connectivity index (χ4v) is 17.5.